The number of carbonyl (C=O) groups is 2. The second kappa shape index (κ2) is 8.54. The van der Waals surface area contributed by atoms with Crippen LogP contribution in [0.5, 0.6) is 5.75 Å². The van der Waals surface area contributed by atoms with Gasteiger partial charge < -0.3 is 9.84 Å². The quantitative estimate of drug-likeness (QED) is 0.349. The number of ether oxygens (including phenoxy) is 1. The van der Waals surface area contributed by atoms with Crippen LogP contribution in [-0.4, -0.2) is 28.9 Å². The lowest BCUT2D eigenvalue weighted by Crippen LogP contribution is -2.29. The molecule has 168 valence electrons. The Labute approximate surface area is 193 Å². The smallest absolute Gasteiger partial charge is 0.300 e. The van der Waals surface area contributed by atoms with Crippen molar-refractivity contribution in [2.45, 2.75) is 32.2 Å². The molecule has 1 unspecified atom stereocenters. The molecule has 33 heavy (non-hydrogen) atoms. The number of Topliss-reactive ketones (excluding diaryl/α,β-unsaturated/α-hetero) is 1. The van der Waals surface area contributed by atoms with Gasteiger partial charge in [0.05, 0.1) is 18.7 Å². The zero-order valence-corrected chi connectivity index (χ0v) is 19.1. The van der Waals surface area contributed by atoms with Crippen LogP contribution in [0.2, 0.25) is 0 Å². The minimum absolute atomic E-state index is 0.0150. The Morgan fingerprint density at radius 1 is 1.03 bits per heavy atom. The first-order chi connectivity index (χ1) is 15.7. The molecule has 4 rings (SSSR count). The Morgan fingerprint density at radius 3 is 2.36 bits per heavy atom. The molecule has 0 spiro atoms. The maximum absolute atomic E-state index is 13.2. The minimum atomic E-state index is -0.814. The number of benzene rings is 2. The molecule has 1 atom stereocenters. The number of hydrogen-bond acceptors (Lipinski definition) is 5. The van der Waals surface area contributed by atoms with E-state index in [9.17, 15) is 14.7 Å². The van der Waals surface area contributed by atoms with Crippen LogP contribution in [0.15, 0.2) is 78.6 Å². The fourth-order valence-electron chi connectivity index (χ4n) is 4.00. The van der Waals surface area contributed by atoms with Gasteiger partial charge in [0.25, 0.3) is 11.7 Å². The van der Waals surface area contributed by atoms with E-state index in [1.54, 1.807) is 48.8 Å². The molecule has 1 aliphatic rings. The highest BCUT2D eigenvalue weighted by Gasteiger charge is 2.47. The molecule has 1 fully saturated rings. The second-order valence-corrected chi connectivity index (χ2v) is 8.98. The van der Waals surface area contributed by atoms with Crippen molar-refractivity contribution < 1.29 is 19.4 Å². The number of aliphatic hydroxyl groups excluding tert-OH is 1. The lowest BCUT2D eigenvalue weighted by atomic mass is 9.87. The summed E-state index contributed by atoms with van der Waals surface area (Å²) in [4.78, 5) is 32.0. The molecule has 0 radical (unpaired) electrons. The van der Waals surface area contributed by atoms with Gasteiger partial charge in [-0.05, 0) is 46.9 Å². The molecule has 1 saturated heterocycles. The number of rotatable bonds is 4. The first-order valence-electron chi connectivity index (χ1n) is 10.7. The molecule has 0 aliphatic carbocycles. The van der Waals surface area contributed by atoms with Crippen molar-refractivity contribution in [1.29, 1.82) is 0 Å². The van der Waals surface area contributed by atoms with Crippen molar-refractivity contribution >= 4 is 23.1 Å². The molecular formula is C27H26N2O4. The largest absolute Gasteiger partial charge is 0.507 e. The lowest BCUT2D eigenvalue weighted by molar-refractivity contribution is -0.132. The van der Waals surface area contributed by atoms with E-state index in [0.29, 0.717) is 22.6 Å². The van der Waals surface area contributed by atoms with Gasteiger partial charge in [-0.25, -0.2) is 0 Å². The van der Waals surface area contributed by atoms with E-state index in [1.165, 1.54) is 12.0 Å². The maximum Gasteiger partial charge on any atom is 0.300 e. The highest BCUT2D eigenvalue weighted by Crippen LogP contribution is 2.42. The third kappa shape index (κ3) is 4.12. The van der Waals surface area contributed by atoms with Crippen LogP contribution in [0.3, 0.4) is 0 Å². The number of pyridine rings is 1. The average Bonchev–Trinajstić information content (AvgIpc) is 3.09. The molecule has 1 amide bonds. The van der Waals surface area contributed by atoms with Crippen LogP contribution >= 0.6 is 0 Å². The third-order valence-electron chi connectivity index (χ3n) is 5.80. The third-order valence-corrected chi connectivity index (χ3v) is 5.80. The van der Waals surface area contributed by atoms with Gasteiger partial charge in [-0.1, -0.05) is 51.1 Å². The topological polar surface area (TPSA) is 79.7 Å². The fraction of sp³-hybridized carbons (Fsp3) is 0.222. The van der Waals surface area contributed by atoms with E-state index in [0.717, 1.165) is 5.56 Å². The zero-order valence-electron chi connectivity index (χ0n) is 19.1. The summed E-state index contributed by atoms with van der Waals surface area (Å²) in [6.45, 7) is 6.33. The van der Waals surface area contributed by atoms with Crippen LogP contribution in [0.25, 0.3) is 5.76 Å². The standard InChI is InChI=1S/C27H26N2O4/c1-27(2,3)19-10-12-20(13-11-19)29-23(18-8-6-14-28-16-18)22(25(31)26(29)32)24(30)17-7-5-9-21(15-17)33-4/h5-16,23,30H,1-4H3/b24-22+. The number of aromatic nitrogens is 1. The average molecular weight is 443 g/mol. The number of methoxy groups -OCH3 is 1. The highest BCUT2D eigenvalue weighted by atomic mass is 16.5. The Morgan fingerprint density at radius 2 is 1.76 bits per heavy atom. The Hall–Kier alpha value is -3.93. The molecule has 3 aromatic rings. The second-order valence-electron chi connectivity index (χ2n) is 8.98. The van der Waals surface area contributed by atoms with Crippen LogP contribution < -0.4 is 9.64 Å². The van der Waals surface area contributed by atoms with E-state index in [-0.39, 0.29) is 16.7 Å². The monoisotopic (exact) mass is 442 g/mol. The molecule has 0 saturated carbocycles. The van der Waals surface area contributed by atoms with Crippen molar-refractivity contribution in [1.82, 2.24) is 4.98 Å². The van der Waals surface area contributed by atoms with Gasteiger partial charge in [0, 0.05) is 23.6 Å². The van der Waals surface area contributed by atoms with E-state index in [1.807, 2.05) is 24.3 Å². The van der Waals surface area contributed by atoms with Gasteiger partial charge in [-0.15, -0.1) is 0 Å². The van der Waals surface area contributed by atoms with Crippen molar-refractivity contribution in [3.05, 3.63) is 95.3 Å². The molecule has 2 heterocycles. The molecule has 1 aromatic heterocycles. The fourth-order valence-corrected chi connectivity index (χ4v) is 4.00. The number of aliphatic hydroxyl groups is 1. The molecule has 2 aromatic carbocycles. The summed E-state index contributed by atoms with van der Waals surface area (Å²) in [6.07, 6.45) is 3.22. The van der Waals surface area contributed by atoms with Crippen LogP contribution in [0.1, 0.15) is 43.5 Å². The van der Waals surface area contributed by atoms with Crippen molar-refractivity contribution in [3.8, 4) is 5.75 Å². The van der Waals surface area contributed by atoms with Crippen molar-refractivity contribution in [2.75, 3.05) is 12.0 Å². The van der Waals surface area contributed by atoms with Gasteiger partial charge in [-0.3, -0.25) is 19.5 Å². The first kappa shape index (κ1) is 22.3. The van der Waals surface area contributed by atoms with E-state index < -0.39 is 17.7 Å². The Bertz CT molecular complexity index is 1220. The van der Waals surface area contributed by atoms with Crippen LogP contribution in [0, 0.1) is 0 Å². The molecule has 6 heteroatoms. The van der Waals surface area contributed by atoms with Gasteiger partial charge in [-0.2, -0.15) is 0 Å². The van der Waals surface area contributed by atoms with E-state index in [4.69, 9.17) is 4.74 Å². The summed E-state index contributed by atoms with van der Waals surface area (Å²) in [5.41, 5.74) is 2.66. The number of carbonyl (C=O) groups excluding carboxylic acids is 2. The van der Waals surface area contributed by atoms with Gasteiger partial charge >= 0.3 is 0 Å². The molecule has 0 bridgehead atoms. The van der Waals surface area contributed by atoms with Gasteiger partial charge in [0.2, 0.25) is 0 Å². The minimum Gasteiger partial charge on any atom is -0.507 e. The Balaban J connectivity index is 1.89. The molecule has 6 nitrogen and oxygen atoms in total. The summed E-state index contributed by atoms with van der Waals surface area (Å²) in [5.74, 6) is -1.17. The van der Waals surface area contributed by atoms with E-state index >= 15 is 0 Å². The summed E-state index contributed by atoms with van der Waals surface area (Å²) in [7, 11) is 1.52. The highest BCUT2D eigenvalue weighted by molar-refractivity contribution is 6.51. The van der Waals surface area contributed by atoms with Gasteiger partial charge in [0.15, 0.2) is 0 Å². The van der Waals surface area contributed by atoms with Crippen LogP contribution in [0.4, 0.5) is 5.69 Å². The predicted molar refractivity (Wildman–Crippen MR) is 127 cm³/mol. The Kier molecular flexibility index (Phi) is 5.77. The lowest BCUT2D eigenvalue weighted by Gasteiger charge is -2.26. The van der Waals surface area contributed by atoms with Crippen molar-refractivity contribution in [2.24, 2.45) is 0 Å². The summed E-state index contributed by atoms with van der Waals surface area (Å²) in [5, 5.41) is 11.2. The predicted octanol–water partition coefficient (Wildman–Crippen LogP) is 5.01. The molecule has 1 N–H and O–H groups in total. The summed E-state index contributed by atoms with van der Waals surface area (Å²) in [6, 6.07) is 17.0. The van der Waals surface area contributed by atoms with E-state index in [2.05, 4.69) is 25.8 Å². The number of anilines is 1. The van der Waals surface area contributed by atoms with Crippen LogP contribution in [-0.2, 0) is 15.0 Å². The number of ketones is 1. The number of amides is 1. The van der Waals surface area contributed by atoms with Gasteiger partial charge in [0.1, 0.15) is 11.5 Å². The number of hydrogen-bond donors (Lipinski definition) is 1. The molecule has 1 aliphatic heterocycles. The summed E-state index contributed by atoms with van der Waals surface area (Å²) < 4.78 is 5.25. The zero-order chi connectivity index (χ0) is 23.8. The first-order valence-corrected chi connectivity index (χ1v) is 10.7. The maximum atomic E-state index is 13.2. The number of nitrogens with zero attached hydrogens (tertiary/aromatic N) is 2. The molecular weight excluding hydrogens is 416 g/mol. The normalized spacial score (nSPS) is 17.9. The SMILES string of the molecule is COc1cccc(/C(O)=C2\C(=O)C(=O)N(c3ccc(C(C)(C)C)cc3)C2c2cccnc2)c1. The van der Waals surface area contributed by atoms with Crippen molar-refractivity contribution in [3.63, 3.8) is 0 Å². The summed E-state index contributed by atoms with van der Waals surface area (Å²) >= 11 is 0.